The van der Waals surface area contributed by atoms with Crippen LogP contribution in [0.1, 0.15) is 12.8 Å². The van der Waals surface area contributed by atoms with E-state index >= 15 is 0 Å². The van der Waals surface area contributed by atoms with Crippen molar-refractivity contribution in [3.63, 3.8) is 0 Å². The van der Waals surface area contributed by atoms with Crippen LogP contribution < -0.4 is 9.64 Å². The Kier molecular flexibility index (Phi) is 5.88. The zero-order chi connectivity index (χ0) is 15.2. The monoisotopic (exact) mass is 291 g/mol. The number of hydrogen-bond donors (Lipinski definition) is 0. The number of hydrogen-bond acceptors (Lipinski definition) is 4. The van der Waals surface area contributed by atoms with Crippen LogP contribution >= 0.6 is 0 Å². The van der Waals surface area contributed by atoms with Crippen LogP contribution in [0.25, 0.3) is 0 Å². The lowest BCUT2D eigenvalue weighted by molar-refractivity contribution is 0.252. The highest BCUT2D eigenvalue weighted by atomic mass is 16.5. The summed E-state index contributed by atoms with van der Waals surface area (Å²) in [7, 11) is 8.53. The average Bonchev–Trinajstić information content (AvgIpc) is 2.48. The molecule has 0 atom stereocenters. The maximum atomic E-state index is 5.74. The van der Waals surface area contributed by atoms with Gasteiger partial charge in [-0.3, -0.25) is 0 Å². The number of likely N-dealkylation sites (tertiary alicyclic amines) is 1. The molecular formula is C17H29N3O. The molecule has 0 unspecified atom stereocenters. The third kappa shape index (κ3) is 4.90. The molecule has 0 saturated carbocycles. The molecule has 1 aliphatic heterocycles. The van der Waals surface area contributed by atoms with Gasteiger partial charge in [-0.25, -0.2) is 0 Å². The number of anilines is 1. The quantitative estimate of drug-likeness (QED) is 0.799. The number of ether oxygens (including phenoxy) is 1. The van der Waals surface area contributed by atoms with Crippen molar-refractivity contribution in [3.8, 4) is 5.75 Å². The summed E-state index contributed by atoms with van der Waals surface area (Å²) in [5.74, 6) is 0.956. The first-order valence-electron chi connectivity index (χ1n) is 7.85. The van der Waals surface area contributed by atoms with E-state index in [0.29, 0.717) is 6.04 Å². The second kappa shape index (κ2) is 7.66. The zero-order valence-corrected chi connectivity index (χ0v) is 13.9. The van der Waals surface area contributed by atoms with Gasteiger partial charge in [-0.1, -0.05) is 0 Å². The van der Waals surface area contributed by atoms with Crippen molar-refractivity contribution in [1.82, 2.24) is 9.80 Å². The standard InChI is InChI=1S/C17H29N3O/c1-18(2)13-14-21-17-7-5-15(6-8-17)20(4)16-9-11-19(3)12-10-16/h5-8,16H,9-14H2,1-4H3. The molecule has 0 spiro atoms. The first kappa shape index (κ1) is 16.1. The molecule has 21 heavy (non-hydrogen) atoms. The summed E-state index contributed by atoms with van der Waals surface area (Å²) in [5, 5.41) is 0. The highest BCUT2D eigenvalue weighted by Crippen LogP contribution is 2.24. The molecule has 1 heterocycles. The molecule has 0 amide bonds. The van der Waals surface area contributed by atoms with E-state index in [9.17, 15) is 0 Å². The SMILES string of the molecule is CN(C)CCOc1ccc(N(C)C2CCN(C)CC2)cc1. The summed E-state index contributed by atoms with van der Waals surface area (Å²) in [6.07, 6.45) is 2.49. The summed E-state index contributed by atoms with van der Waals surface area (Å²) >= 11 is 0. The van der Waals surface area contributed by atoms with Gasteiger partial charge in [0.1, 0.15) is 12.4 Å². The fourth-order valence-corrected chi connectivity index (χ4v) is 2.72. The van der Waals surface area contributed by atoms with Crippen LogP contribution in [-0.2, 0) is 0 Å². The van der Waals surface area contributed by atoms with Crippen molar-refractivity contribution in [2.45, 2.75) is 18.9 Å². The molecule has 0 bridgehead atoms. The Hall–Kier alpha value is -1.26. The Labute approximate surface area is 129 Å². The van der Waals surface area contributed by atoms with Gasteiger partial charge in [-0.2, -0.15) is 0 Å². The number of likely N-dealkylation sites (N-methyl/N-ethyl adjacent to an activating group) is 1. The normalized spacial score (nSPS) is 17.2. The molecular weight excluding hydrogens is 262 g/mol. The van der Waals surface area contributed by atoms with Gasteiger partial charge in [0.2, 0.25) is 0 Å². The maximum Gasteiger partial charge on any atom is 0.119 e. The van der Waals surface area contributed by atoms with Gasteiger partial charge in [0.25, 0.3) is 0 Å². The van der Waals surface area contributed by atoms with Crippen molar-refractivity contribution in [1.29, 1.82) is 0 Å². The second-order valence-electron chi connectivity index (χ2n) is 6.29. The highest BCUT2D eigenvalue weighted by molar-refractivity contribution is 5.49. The number of rotatable bonds is 6. The van der Waals surface area contributed by atoms with Crippen molar-refractivity contribution in [3.05, 3.63) is 24.3 Å². The van der Waals surface area contributed by atoms with Crippen molar-refractivity contribution in [2.24, 2.45) is 0 Å². The van der Waals surface area contributed by atoms with Gasteiger partial charge in [0.05, 0.1) is 0 Å². The van der Waals surface area contributed by atoms with Gasteiger partial charge in [0.15, 0.2) is 0 Å². The number of benzene rings is 1. The lowest BCUT2D eigenvalue weighted by atomic mass is 10.0. The van der Waals surface area contributed by atoms with Gasteiger partial charge in [-0.15, -0.1) is 0 Å². The number of piperidine rings is 1. The number of nitrogens with zero attached hydrogens (tertiary/aromatic N) is 3. The summed E-state index contributed by atoms with van der Waals surface area (Å²) in [6.45, 7) is 4.07. The van der Waals surface area contributed by atoms with E-state index in [2.05, 4.69) is 67.2 Å². The van der Waals surface area contributed by atoms with Crippen LogP contribution in [0.3, 0.4) is 0 Å². The molecule has 0 radical (unpaired) electrons. The van der Waals surface area contributed by atoms with Crippen LogP contribution in [0.2, 0.25) is 0 Å². The molecule has 118 valence electrons. The fraction of sp³-hybridized carbons (Fsp3) is 0.647. The Morgan fingerprint density at radius 1 is 1.10 bits per heavy atom. The van der Waals surface area contributed by atoms with E-state index in [1.807, 2.05) is 0 Å². The smallest absolute Gasteiger partial charge is 0.119 e. The van der Waals surface area contributed by atoms with Gasteiger partial charge >= 0.3 is 0 Å². The van der Waals surface area contributed by atoms with Gasteiger partial charge < -0.3 is 19.4 Å². The summed E-state index contributed by atoms with van der Waals surface area (Å²) in [4.78, 5) is 6.95. The van der Waals surface area contributed by atoms with Crippen LogP contribution in [-0.4, -0.2) is 70.3 Å². The molecule has 1 aromatic rings. The Balaban J connectivity index is 1.86. The van der Waals surface area contributed by atoms with Gasteiger partial charge in [0, 0.05) is 25.3 Å². The molecule has 1 saturated heterocycles. The van der Waals surface area contributed by atoms with Crippen molar-refractivity contribution in [2.75, 3.05) is 59.3 Å². The second-order valence-corrected chi connectivity index (χ2v) is 6.29. The minimum absolute atomic E-state index is 0.654. The lowest BCUT2D eigenvalue weighted by Gasteiger charge is -2.36. The molecule has 1 fully saturated rings. The third-order valence-corrected chi connectivity index (χ3v) is 4.29. The van der Waals surface area contributed by atoms with E-state index in [-0.39, 0.29) is 0 Å². The molecule has 0 aromatic heterocycles. The molecule has 1 aromatic carbocycles. The van der Waals surface area contributed by atoms with Crippen LogP contribution in [0.4, 0.5) is 5.69 Å². The first-order chi connectivity index (χ1) is 10.1. The molecule has 4 nitrogen and oxygen atoms in total. The molecule has 2 rings (SSSR count). The van der Waals surface area contributed by atoms with Crippen LogP contribution in [0.15, 0.2) is 24.3 Å². The fourth-order valence-electron chi connectivity index (χ4n) is 2.72. The van der Waals surface area contributed by atoms with E-state index < -0.39 is 0 Å². The average molecular weight is 291 g/mol. The van der Waals surface area contributed by atoms with Crippen molar-refractivity contribution < 1.29 is 4.74 Å². The summed E-state index contributed by atoms with van der Waals surface area (Å²) in [5.41, 5.74) is 1.28. The Morgan fingerprint density at radius 2 is 1.71 bits per heavy atom. The lowest BCUT2D eigenvalue weighted by Crippen LogP contribution is -2.41. The molecule has 0 N–H and O–H groups in total. The van der Waals surface area contributed by atoms with E-state index in [1.165, 1.54) is 31.6 Å². The van der Waals surface area contributed by atoms with Crippen LogP contribution in [0.5, 0.6) is 5.75 Å². The van der Waals surface area contributed by atoms with E-state index in [4.69, 9.17) is 4.74 Å². The molecule has 1 aliphatic rings. The predicted octanol–water partition coefficient (Wildman–Crippen LogP) is 2.16. The van der Waals surface area contributed by atoms with E-state index in [1.54, 1.807) is 0 Å². The first-order valence-corrected chi connectivity index (χ1v) is 7.85. The predicted molar refractivity (Wildman–Crippen MR) is 89.4 cm³/mol. The van der Waals surface area contributed by atoms with E-state index in [0.717, 1.165) is 18.9 Å². The third-order valence-electron chi connectivity index (χ3n) is 4.29. The Morgan fingerprint density at radius 3 is 2.29 bits per heavy atom. The zero-order valence-electron chi connectivity index (χ0n) is 13.9. The largest absolute Gasteiger partial charge is 0.492 e. The Bertz CT molecular complexity index is 411. The molecule has 4 heteroatoms. The molecule has 0 aliphatic carbocycles. The minimum atomic E-state index is 0.654. The van der Waals surface area contributed by atoms with Gasteiger partial charge in [-0.05, 0) is 71.3 Å². The van der Waals surface area contributed by atoms with Crippen LogP contribution in [0, 0.1) is 0 Å². The minimum Gasteiger partial charge on any atom is -0.492 e. The topological polar surface area (TPSA) is 19.0 Å². The summed E-state index contributed by atoms with van der Waals surface area (Å²) < 4.78 is 5.74. The van der Waals surface area contributed by atoms with Crippen molar-refractivity contribution >= 4 is 5.69 Å². The summed E-state index contributed by atoms with van der Waals surface area (Å²) in [6, 6.07) is 9.15. The highest BCUT2D eigenvalue weighted by Gasteiger charge is 2.20. The maximum absolute atomic E-state index is 5.74.